The molecule has 0 atom stereocenters. The van der Waals surface area contributed by atoms with Crippen LogP contribution in [-0.4, -0.2) is 73.2 Å². The van der Waals surface area contributed by atoms with E-state index in [2.05, 4.69) is 20.3 Å². The fourth-order valence-electron chi connectivity index (χ4n) is 2.25. The molecule has 1 aliphatic heterocycles. The highest BCUT2D eigenvalue weighted by atomic mass is 32.2. The summed E-state index contributed by atoms with van der Waals surface area (Å²) in [6.07, 6.45) is 3.08. The van der Waals surface area contributed by atoms with E-state index in [1.807, 2.05) is 0 Å². The maximum absolute atomic E-state index is 11.3. The summed E-state index contributed by atoms with van der Waals surface area (Å²) in [7, 11) is -1.45. The van der Waals surface area contributed by atoms with Gasteiger partial charge in [-0.15, -0.1) is 0 Å². The van der Waals surface area contributed by atoms with Gasteiger partial charge in [0.05, 0.1) is 5.75 Å². The molecule has 0 amide bonds. The third-order valence-corrected chi connectivity index (χ3v) is 5.20. The summed E-state index contributed by atoms with van der Waals surface area (Å²) in [5.74, 6) is 1.39. The lowest BCUT2D eigenvalue weighted by Gasteiger charge is -2.21. The van der Waals surface area contributed by atoms with Crippen molar-refractivity contribution in [1.29, 1.82) is 0 Å². The van der Waals surface area contributed by atoms with E-state index in [0.717, 1.165) is 52.2 Å². The Morgan fingerprint density at radius 3 is 2.58 bits per heavy atom. The zero-order valence-electron chi connectivity index (χ0n) is 14.8. The zero-order chi connectivity index (χ0) is 17.7. The van der Waals surface area contributed by atoms with Crippen molar-refractivity contribution in [2.45, 2.75) is 26.2 Å². The lowest BCUT2D eigenvalue weighted by Crippen LogP contribution is -2.42. The molecule has 0 aromatic heterocycles. The van der Waals surface area contributed by atoms with Crippen molar-refractivity contribution in [3.8, 4) is 0 Å². The van der Waals surface area contributed by atoms with Gasteiger partial charge in [-0.1, -0.05) is 0 Å². The van der Waals surface area contributed by atoms with Crippen LogP contribution >= 0.6 is 0 Å². The van der Waals surface area contributed by atoms with Gasteiger partial charge in [-0.2, -0.15) is 0 Å². The summed E-state index contributed by atoms with van der Waals surface area (Å²) in [6.45, 7) is 6.43. The molecule has 0 saturated carbocycles. The molecular formula is C15H32N4O4S. The number of ether oxygens (including phenoxy) is 2. The van der Waals surface area contributed by atoms with Crippen molar-refractivity contribution in [3.05, 3.63) is 0 Å². The van der Waals surface area contributed by atoms with Crippen molar-refractivity contribution >= 4 is 16.0 Å². The van der Waals surface area contributed by atoms with Crippen LogP contribution in [0, 0.1) is 5.92 Å². The first-order valence-corrected chi connectivity index (χ1v) is 10.3. The lowest BCUT2D eigenvalue weighted by molar-refractivity contribution is 0.0203. The molecule has 1 heterocycles. The Labute approximate surface area is 145 Å². The number of hydrogen-bond acceptors (Lipinski definition) is 5. The molecule has 0 aliphatic carbocycles. The monoisotopic (exact) mass is 364 g/mol. The summed E-state index contributed by atoms with van der Waals surface area (Å²) in [4.78, 5) is 4.10. The molecule has 0 aromatic carbocycles. The Hall–Kier alpha value is -0.900. The Bertz CT molecular complexity index is 450. The molecule has 3 N–H and O–H groups in total. The summed E-state index contributed by atoms with van der Waals surface area (Å²) < 4.78 is 36.1. The van der Waals surface area contributed by atoms with Gasteiger partial charge in [0.2, 0.25) is 10.0 Å². The van der Waals surface area contributed by atoms with Gasteiger partial charge in [0.1, 0.15) is 0 Å². The predicted octanol–water partition coefficient (Wildman–Crippen LogP) is -0.0760. The fraction of sp³-hybridized carbons (Fsp3) is 0.933. The second-order valence-corrected chi connectivity index (χ2v) is 7.80. The van der Waals surface area contributed by atoms with Gasteiger partial charge in [-0.05, 0) is 32.1 Å². The van der Waals surface area contributed by atoms with E-state index in [-0.39, 0.29) is 5.75 Å². The Morgan fingerprint density at radius 1 is 1.21 bits per heavy atom. The summed E-state index contributed by atoms with van der Waals surface area (Å²) in [5, 5.41) is 6.25. The molecule has 1 fully saturated rings. The molecule has 0 aromatic rings. The first-order valence-electron chi connectivity index (χ1n) is 8.64. The SMILES string of the molecule is CCS(=O)(=O)NCCNC(=NC)NCCCOCC1CCOCC1. The molecule has 0 radical (unpaired) electrons. The summed E-state index contributed by atoms with van der Waals surface area (Å²) in [5.41, 5.74) is 0. The largest absolute Gasteiger partial charge is 0.381 e. The van der Waals surface area contributed by atoms with Crippen molar-refractivity contribution < 1.29 is 17.9 Å². The van der Waals surface area contributed by atoms with Crippen LogP contribution in [0.25, 0.3) is 0 Å². The van der Waals surface area contributed by atoms with Crippen LogP contribution in [0.1, 0.15) is 26.2 Å². The van der Waals surface area contributed by atoms with E-state index < -0.39 is 10.0 Å². The Balaban J connectivity index is 1.99. The second-order valence-electron chi connectivity index (χ2n) is 5.71. The molecule has 24 heavy (non-hydrogen) atoms. The topological polar surface area (TPSA) is 101 Å². The smallest absolute Gasteiger partial charge is 0.211 e. The maximum Gasteiger partial charge on any atom is 0.211 e. The van der Waals surface area contributed by atoms with Crippen LogP contribution in [0.15, 0.2) is 4.99 Å². The van der Waals surface area contributed by atoms with Gasteiger partial charge in [-0.3, -0.25) is 4.99 Å². The minimum atomic E-state index is -3.14. The number of hydrogen-bond donors (Lipinski definition) is 3. The molecule has 1 rings (SSSR count). The number of aliphatic imine (C=N–C) groups is 1. The predicted molar refractivity (Wildman–Crippen MR) is 95.8 cm³/mol. The van der Waals surface area contributed by atoms with E-state index in [4.69, 9.17) is 9.47 Å². The molecule has 1 aliphatic rings. The minimum absolute atomic E-state index is 0.0911. The molecule has 1 saturated heterocycles. The summed E-state index contributed by atoms with van der Waals surface area (Å²) >= 11 is 0. The minimum Gasteiger partial charge on any atom is -0.381 e. The molecule has 0 spiro atoms. The van der Waals surface area contributed by atoms with Crippen LogP contribution in [0.2, 0.25) is 0 Å². The first kappa shape index (κ1) is 21.1. The van der Waals surface area contributed by atoms with Gasteiger partial charge in [0.15, 0.2) is 5.96 Å². The molecule has 0 unspecified atom stereocenters. The first-order chi connectivity index (χ1) is 11.6. The molecule has 142 valence electrons. The van der Waals surface area contributed by atoms with E-state index in [9.17, 15) is 8.42 Å². The standard InChI is InChI=1S/C15H32N4O4S/c1-3-24(20,21)19-9-8-18-15(16-2)17-7-4-10-23-13-14-5-11-22-12-6-14/h14,19H,3-13H2,1-2H3,(H2,16,17,18). The van der Waals surface area contributed by atoms with E-state index in [0.29, 0.717) is 25.0 Å². The van der Waals surface area contributed by atoms with Crippen molar-refractivity contribution in [3.63, 3.8) is 0 Å². The van der Waals surface area contributed by atoms with Gasteiger partial charge in [0.25, 0.3) is 0 Å². The van der Waals surface area contributed by atoms with Crippen LogP contribution < -0.4 is 15.4 Å². The average molecular weight is 365 g/mol. The van der Waals surface area contributed by atoms with E-state index in [1.165, 1.54) is 0 Å². The van der Waals surface area contributed by atoms with E-state index >= 15 is 0 Å². The van der Waals surface area contributed by atoms with E-state index in [1.54, 1.807) is 14.0 Å². The fourth-order valence-corrected chi connectivity index (χ4v) is 2.87. The van der Waals surface area contributed by atoms with Crippen molar-refractivity contribution in [2.24, 2.45) is 10.9 Å². The van der Waals surface area contributed by atoms with Crippen LogP contribution in [-0.2, 0) is 19.5 Å². The zero-order valence-corrected chi connectivity index (χ0v) is 15.7. The lowest BCUT2D eigenvalue weighted by atomic mass is 10.0. The Morgan fingerprint density at radius 2 is 1.92 bits per heavy atom. The quantitative estimate of drug-likeness (QED) is 0.269. The second kappa shape index (κ2) is 12.5. The average Bonchev–Trinajstić information content (AvgIpc) is 2.60. The molecule has 8 nitrogen and oxygen atoms in total. The van der Waals surface area contributed by atoms with Gasteiger partial charge in [0, 0.05) is 53.1 Å². The maximum atomic E-state index is 11.3. The van der Waals surface area contributed by atoms with Gasteiger partial charge in [-0.25, -0.2) is 13.1 Å². The molecule has 9 heteroatoms. The summed E-state index contributed by atoms with van der Waals surface area (Å²) in [6, 6.07) is 0. The van der Waals surface area contributed by atoms with Crippen molar-refractivity contribution in [2.75, 3.05) is 58.9 Å². The van der Waals surface area contributed by atoms with Crippen LogP contribution in [0.5, 0.6) is 0 Å². The normalized spacial score (nSPS) is 17.0. The number of nitrogens with zero attached hydrogens (tertiary/aromatic N) is 1. The van der Waals surface area contributed by atoms with Crippen molar-refractivity contribution in [1.82, 2.24) is 15.4 Å². The number of guanidine groups is 1. The highest BCUT2D eigenvalue weighted by Crippen LogP contribution is 2.14. The third kappa shape index (κ3) is 10.1. The highest BCUT2D eigenvalue weighted by Gasteiger charge is 2.13. The van der Waals surface area contributed by atoms with Crippen LogP contribution in [0.4, 0.5) is 0 Å². The van der Waals surface area contributed by atoms with Crippen LogP contribution in [0.3, 0.4) is 0 Å². The molecular weight excluding hydrogens is 332 g/mol. The third-order valence-electron chi connectivity index (χ3n) is 3.80. The number of nitrogens with one attached hydrogen (secondary N) is 3. The highest BCUT2D eigenvalue weighted by molar-refractivity contribution is 7.89. The van der Waals surface area contributed by atoms with Gasteiger partial charge < -0.3 is 20.1 Å². The molecule has 0 bridgehead atoms. The number of rotatable bonds is 11. The Kier molecular flexibility index (Phi) is 11.0. The number of sulfonamides is 1. The van der Waals surface area contributed by atoms with Gasteiger partial charge >= 0.3 is 0 Å².